The van der Waals surface area contributed by atoms with Crippen molar-refractivity contribution >= 4 is 81.1 Å². The fraction of sp³-hybridized carbons (Fsp3) is 0.356. The SMILES string of the molecule is C[C@@H](Oc1ccc2[nH]nc(-c3ccc(NC(=O)C4CCN(C(=O)CC5CCN(c6ccc7c(c6)C(=O)N(C6CCC(=O)NC6=O)C7=O)CC5)CC4)nc3)c2c1)c1c(Cl)cncc1Cl. The molecule has 0 saturated carbocycles. The Labute approximate surface area is 371 Å². The summed E-state index contributed by atoms with van der Waals surface area (Å²) in [5.74, 6) is -1.21. The average molecular weight is 893 g/mol. The zero-order valence-corrected chi connectivity index (χ0v) is 35.7. The predicted octanol–water partition coefficient (Wildman–Crippen LogP) is 6.35. The van der Waals surface area contributed by atoms with Crippen LogP contribution in [0.4, 0.5) is 11.5 Å². The Morgan fingerprint density at radius 1 is 0.873 bits per heavy atom. The van der Waals surface area contributed by atoms with E-state index < -0.39 is 35.8 Å². The number of pyridine rings is 2. The Morgan fingerprint density at radius 2 is 1.62 bits per heavy atom. The number of halogens is 2. The lowest BCUT2D eigenvalue weighted by Gasteiger charge is -2.36. The quantitative estimate of drug-likeness (QED) is 0.132. The van der Waals surface area contributed by atoms with E-state index in [2.05, 4.69) is 35.7 Å². The Balaban J connectivity index is 0.735. The van der Waals surface area contributed by atoms with E-state index in [9.17, 15) is 28.8 Å². The lowest BCUT2D eigenvalue weighted by atomic mass is 9.91. The highest BCUT2D eigenvalue weighted by atomic mass is 35.5. The highest BCUT2D eigenvalue weighted by molar-refractivity contribution is 6.35. The van der Waals surface area contributed by atoms with Gasteiger partial charge >= 0.3 is 0 Å². The molecule has 7 heterocycles. The number of hydrogen-bond acceptors (Lipinski definition) is 11. The van der Waals surface area contributed by atoms with Gasteiger partial charge in [0.15, 0.2) is 0 Å². The van der Waals surface area contributed by atoms with Crippen molar-refractivity contribution in [1.82, 2.24) is 35.3 Å². The van der Waals surface area contributed by atoms with Gasteiger partial charge in [-0.3, -0.25) is 49.1 Å². The summed E-state index contributed by atoms with van der Waals surface area (Å²) >= 11 is 12.7. The largest absolute Gasteiger partial charge is 0.486 e. The van der Waals surface area contributed by atoms with Gasteiger partial charge in [0.1, 0.15) is 29.4 Å². The fourth-order valence-electron chi connectivity index (χ4n) is 9.01. The van der Waals surface area contributed by atoms with Gasteiger partial charge < -0.3 is 19.9 Å². The molecule has 1 unspecified atom stereocenters. The number of benzene rings is 2. The third-order valence-electron chi connectivity index (χ3n) is 12.5. The molecule has 324 valence electrons. The standard InChI is InChI=1S/C45H43Cl2N9O7/c1-24(40-33(46)22-48-23-34(40)47)63-29-4-6-35-32(20-29)41(53-52-35)27-2-8-37(49-21-27)50-42(59)26-12-16-55(17-13-26)39(58)18-25-10-14-54(15-11-25)28-3-5-30-31(19-28)45(62)56(44(30)61)36-7-9-38(57)51-43(36)60/h2-6,8,19-26,36H,7,9-18H2,1H3,(H,52,53)(H,49,50,59)(H,51,57,60)/t24-,36?/m1/s1. The molecule has 4 aliphatic rings. The van der Waals surface area contributed by atoms with Crippen LogP contribution in [-0.2, 0) is 19.2 Å². The number of H-pyrrole nitrogens is 1. The molecule has 0 aliphatic carbocycles. The fourth-order valence-corrected chi connectivity index (χ4v) is 9.69. The van der Waals surface area contributed by atoms with Crippen molar-refractivity contribution in [3.05, 3.63) is 93.9 Å². The summed E-state index contributed by atoms with van der Waals surface area (Å²) in [7, 11) is 0. The third-order valence-corrected chi connectivity index (χ3v) is 13.1. The molecule has 3 aromatic heterocycles. The number of hydrogen-bond donors (Lipinski definition) is 3. The van der Waals surface area contributed by atoms with Crippen LogP contribution in [0.5, 0.6) is 5.75 Å². The van der Waals surface area contributed by atoms with Gasteiger partial charge in [-0.15, -0.1) is 0 Å². The smallest absolute Gasteiger partial charge is 0.262 e. The zero-order chi connectivity index (χ0) is 43.9. The monoisotopic (exact) mass is 891 g/mol. The number of rotatable bonds is 10. The summed E-state index contributed by atoms with van der Waals surface area (Å²) in [6.45, 7) is 4.22. The number of imide groups is 2. The normalized spacial score (nSPS) is 19.0. The van der Waals surface area contributed by atoms with E-state index in [1.807, 2.05) is 42.2 Å². The second-order valence-corrected chi connectivity index (χ2v) is 17.3. The van der Waals surface area contributed by atoms with Gasteiger partial charge in [0.25, 0.3) is 11.8 Å². The maximum Gasteiger partial charge on any atom is 0.262 e. The van der Waals surface area contributed by atoms with Gasteiger partial charge in [-0.2, -0.15) is 5.10 Å². The van der Waals surface area contributed by atoms with Crippen molar-refractivity contribution in [2.45, 2.75) is 64.0 Å². The first kappa shape index (κ1) is 41.9. The van der Waals surface area contributed by atoms with E-state index in [0.717, 1.165) is 39.9 Å². The third kappa shape index (κ3) is 8.44. The molecule has 3 fully saturated rings. The molecule has 16 nitrogen and oxygen atoms in total. The second-order valence-electron chi connectivity index (χ2n) is 16.4. The number of piperidine rings is 3. The number of fused-ring (bicyclic) bond motifs is 2. The molecule has 0 bridgehead atoms. The number of nitrogens with one attached hydrogen (secondary N) is 3. The molecule has 5 aromatic rings. The molecule has 0 spiro atoms. The summed E-state index contributed by atoms with van der Waals surface area (Å²) in [5.41, 5.74) is 4.17. The number of ether oxygens (including phenoxy) is 1. The zero-order valence-electron chi connectivity index (χ0n) is 34.2. The minimum absolute atomic E-state index is 0.0619. The van der Waals surface area contributed by atoms with Crippen LogP contribution in [0.3, 0.4) is 0 Å². The van der Waals surface area contributed by atoms with Crippen molar-refractivity contribution in [2.75, 3.05) is 36.4 Å². The van der Waals surface area contributed by atoms with Gasteiger partial charge in [-0.25, -0.2) is 4.98 Å². The molecule has 18 heteroatoms. The van der Waals surface area contributed by atoms with Crippen LogP contribution in [0.25, 0.3) is 22.2 Å². The molecule has 0 radical (unpaired) electrons. The van der Waals surface area contributed by atoms with E-state index in [4.69, 9.17) is 27.9 Å². The molecule has 6 amide bonds. The molecule has 63 heavy (non-hydrogen) atoms. The summed E-state index contributed by atoms with van der Waals surface area (Å²) in [6, 6.07) is 13.3. The molecule has 2 aromatic carbocycles. The number of carbonyl (C=O) groups excluding carboxylic acids is 6. The topological polar surface area (TPSA) is 200 Å². The first-order chi connectivity index (χ1) is 30.4. The van der Waals surface area contributed by atoms with Gasteiger partial charge in [0.2, 0.25) is 23.6 Å². The van der Waals surface area contributed by atoms with Gasteiger partial charge in [-0.05, 0) is 93.5 Å². The number of likely N-dealkylation sites (tertiary alicyclic amines) is 1. The molecule has 3 saturated heterocycles. The van der Waals surface area contributed by atoms with Crippen LogP contribution in [0, 0.1) is 11.8 Å². The Morgan fingerprint density at radius 3 is 2.33 bits per heavy atom. The highest BCUT2D eigenvalue weighted by Crippen LogP contribution is 2.36. The van der Waals surface area contributed by atoms with Crippen LogP contribution < -0.4 is 20.3 Å². The van der Waals surface area contributed by atoms with E-state index in [-0.39, 0.29) is 47.6 Å². The van der Waals surface area contributed by atoms with Crippen molar-refractivity contribution in [2.24, 2.45) is 11.8 Å². The van der Waals surface area contributed by atoms with Gasteiger partial charge in [0, 0.05) is 85.7 Å². The number of anilines is 2. The predicted molar refractivity (Wildman–Crippen MR) is 233 cm³/mol. The first-order valence-electron chi connectivity index (χ1n) is 21.0. The Bertz CT molecular complexity index is 2640. The van der Waals surface area contributed by atoms with E-state index in [0.29, 0.717) is 78.3 Å². The second kappa shape index (κ2) is 17.4. The van der Waals surface area contributed by atoms with Gasteiger partial charge in [0.05, 0.1) is 26.7 Å². The Hall–Kier alpha value is -6.39. The van der Waals surface area contributed by atoms with Crippen LogP contribution in [0.1, 0.15) is 84.3 Å². The van der Waals surface area contributed by atoms with E-state index >= 15 is 0 Å². The number of aromatic nitrogens is 4. The minimum atomic E-state index is -1.01. The summed E-state index contributed by atoms with van der Waals surface area (Å²) < 4.78 is 6.20. The molecular formula is C45H43Cl2N9O7. The summed E-state index contributed by atoms with van der Waals surface area (Å²) in [5, 5.41) is 14.4. The number of nitrogens with zero attached hydrogens (tertiary/aromatic N) is 6. The summed E-state index contributed by atoms with van der Waals surface area (Å²) in [4.78, 5) is 90.7. The number of carbonyl (C=O) groups is 6. The van der Waals surface area contributed by atoms with Crippen molar-refractivity contribution < 1.29 is 33.5 Å². The molecule has 3 N–H and O–H groups in total. The lowest BCUT2D eigenvalue weighted by molar-refractivity contribution is -0.136. The number of amides is 6. The molecule has 2 atom stereocenters. The van der Waals surface area contributed by atoms with Crippen LogP contribution in [0.15, 0.2) is 67.1 Å². The highest BCUT2D eigenvalue weighted by Gasteiger charge is 2.45. The minimum Gasteiger partial charge on any atom is -0.486 e. The van der Waals surface area contributed by atoms with Crippen LogP contribution >= 0.6 is 23.2 Å². The molecular weight excluding hydrogens is 849 g/mol. The average Bonchev–Trinajstić information content (AvgIpc) is 3.81. The number of aromatic amines is 1. The van der Waals surface area contributed by atoms with Crippen molar-refractivity contribution in [3.8, 4) is 17.0 Å². The van der Waals surface area contributed by atoms with E-state index in [1.165, 1.54) is 12.4 Å². The Kier molecular flexibility index (Phi) is 11.6. The van der Waals surface area contributed by atoms with Gasteiger partial charge in [-0.1, -0.05) is 23.2 Å². The van der Waals surface area contributed by atoms with Crippen LogP contribution in [-0.4, -0.2) is 97.6 Å². The molecule has 9 rings (SSSR count). The first-order valence-corrected chi connectivity index (χ1v) is 21.8. The lowest BCUT2D eigenvalue weighted by Crippen LogP contribution is -2.54. The maximum absolute atomic E-state index is 13.4. The summed E-state index contributed by atoms with van der Waals surface area (Å²) in [6.07, 6.45) is 7.55. The maximum atomic E-state index is 13.4. The van der Waals surface area contributed by atoms with Crippen molar-refractivity contribution in [1.29, 1.82) is 0 Å². The van der Waals surface area contributed by atoms with Crippen LogP contribution in [0.2, 0.25) is 10.0 Å². The molecule has 4 aliphatic heterocycles. The van der Waals surface area contributed by atoms with E-state index in [1.54, 1.807) is 24.4 Å². The van der Waals surface area contributed by atoms with Crippen molar-refractivity contribution in [3.63, 3.8) is 0 Å².